The topological polar surface area (TPSA) is 79.5 Å². The molecule has 35 heavy (non-hydrogen) atoms. The molecule has 5 unspecified atom stereocenters. The van der Waals surface area contributed by atoms with Gasteiger partial charge in [-0.3, -0.25) is 19.3 Å². The van der Waals surface area contributed by atoms with Crippen LogP contribution in [0.4, 0.5) is 10.1 Å². The van der Waals surface area contributed by atoms with E-state index >= 15 is 0 Å². The lowest BCUT2D eigenvalue weighted by atomic mass is 9.68. The molecule has 178 valence electrons. The van der Waals surface area contributed by atoms with E-state index in [0.29, 0.717) is 5.69 Å². The van der Waals surface area contributed by atoms with Crippen LogP contribution >= 0.6 is 23.1 Å². The molecule has 7 atom stereocenters. The van der Waals surface area contributed by atoms with Gasteiger partial charge in [-0.1, -0.05) is 29.5 Å². The first-order valence-electron chi connectivity index (χ1n) is 11.6. The van der Waals surface area contributed by atoms with Crippen molar-refractivity contribution in [1.29, 1.82) is 0 Å². The molecule has 1 saturated heterocycles. The highest BCUT2D eigenvalue weighted by atomic mass is 32.2. The zero-order valence-corrected chi connectivity index (χ0v) is 20.3. The number of fused-ring (bicyclic) bond motifs is 9. The third-order valence-electron chi connectivity index (χ3n) is 8.28. The Morgan fingerprint density at radius 1 is 1.00 bits per heavy atom. The van der Waals surface area contributed by atoms with Gasteiger partial charge in [0.2, 0.25) is 11.8 Å². The minimum absolute atomic E-state index is 0.0182. The van der Waals surface area contributed by atoms with Crippen molar-refractivity contribution in [1.82, 2.24) is 4.98 Å². The average molecular weight is 509 g/mol. The Hall–Kier alpha value is -2.91. The van der Waals surface area contributed by atoms with E-state index in [9.17, 15) is 18.8 Å². The largest absolute Gasteiger partial charge is 0.496 e. The number of H-pyrrole nitrogens is 1. The molecule has 0 spiro atoms. The smallest absolute Gasteiger partial charge is 0.305 e. The lowest BCUT2D eigenvalue weighted by molar-refractivity contribution is -0.123. The second kappa shape index (κ2) is 7.54. The summed E-state index contributed by atoms with van der Waals surface area (Å²) in [6.45, 7) is 0. The lowest BCUT2D eigenvalue weighted by Crippen LogP contribution is -2.42. The Labute approximate surface area is 208 Å². The van der Waals surface area contributed by atoms with E-state index in [0.717, 1.165) is 27.6 Å². The van der Waals surface area contributed by atoms with Crippen molar-refractivity contribution in [2.45, 2.75) is 22.6 Å². The molecule has 3 aromatic rings. The van der Waals surface area contributed by atoms with Crippen molar-refractivity contribution in [2.75, 3.05) is 12.0 Å². The van der Waals surface area contributed by atoms with Crippen molar-refractivity contribution in [3.8, 4) is 5.75 Å². The van der Waals surface area contributed by atoms with Crippen LogP contribution in [0.1, 0.15) is 22.8 Å². The minimum Gasteiger partial charge on any atom is -0.496 e. The number of halogens is 1. The Balaban J connectivity index is 1.34. The van der Waals surface area contributed by atoms with Crippen molar-refractivity contribution < 1.29 is 18.7 Å². The molecule has 2 aromatic carbocycles. The van der Waals surface area contributed by atoms with E-state index in [1.807, 2.05) is 24.3 Å². The van der Waals surface area contributed by atoms with Crippen LogP contribution in [0.5, 0.6) is 5.75 Å². The van der Waals surface area contributed by atoms with E-state index in [-0.39, 0.29) is 51.5 Å². The minimum atomic E-state index is -0.407. The molecule has 1 N–H and O–H groups in total. The van der Waals surface area contributed by atoms with Crippen LogP contribution in [-0.4, -0.2) is 29.2 Å². The molecule has 7 rings (SSSR count). The number of hydrogen-bond donors (Lipinski definition) is 1. The number of benzene rings is 2. The molecule has 0 radical (unpaired) electrons. The van der Waals surface area contributed by atoms with Gasteiger partial charge in [0.25, 0.3) is 0 Å². The monoisotopic (exact) mass is 508 g/mol. The quantitative estimate of drug-likeness (QED) is 0.535. The summed E-state index contributed by atoms with van der Waals surface area (Å²) in [4.78, 5) is 44.8. The molecule has 4 aliphatic rings. The van der Waals surface area contributed by atoms with E-state index in [1.54, 1.807) is 18.9 Å². The summed E-state index contributed by atoms with van der Waals surface area (Å²) in [5.74, 6) is -0.718. The maximum atomic E-state index is 13.7. The molecule has 3 heterocycles. The molecule has 1 aromatic heterocycles. The zero-order chi connectivity index (χ0) is 24.0. The van der Waals surface area contributed by atoms with E-state index in [2.05, 4.69) is 4.98 Å². The van der Waals surface area contributed by atoms with Gasteiger partial charge < -0.3 is 9.72 Å². The summed E-state index contributed by atoms with van der Waals surface area (Å²) in [7, 11) is 1.64. The van der Waals surface area contributed by atoms with Crippen LogP contribution in [0.25, 0.3) is 0 Å². The molecule has 2 amide bonds. The van der Waals surface area contributed by atoms with Crippen molar-refractivity contribution in [3.05, 3.63) is 74.5 Å². The Kier molecular flexibility index (Phi) is 4.61. The maximum absolute atomic E-state index is 13.7. The van der Waals surface area contributed by atoms with Gasteiger partial charge in [-0.05, 0) is 54.5 Å². The summed E-state index contributed by atoms with van der Waals surface area (Å²) in [6, 6.07) is 13.4. The van der Waals surface area contributed by atoms with Gasteiger partial charge in [-0.25, -0.2) is 4.39 Å². The number of amides is 2. The van der Waals surface area contributed by atoms with Crippen LogP contribution in [0.15, 0.2) is 58.4 Å². The maximum Gasteiger partial charge on any atom is 0.305 e. The second-order valence-corrected chi connectivity index (χ2v) is 11.9. The number of anilines is 1. The molecule has 2 bridgehead atoms. The molecule has 2 aliphatic carbocycles. The number of thiazole rings is 1. The van der Waals surface area contributed by atoms with Crippen LogP contribution in [0.3, 0.4) is 0 Å². The van der Waals surface area contributed by atoms with Gasteiger partial charge in [0, 0.05) is 21.6 Å². The number of carbonyl (C=O) groups is 2. The fourth-order valence-corrected chi connectivity index (χ4v) is 10.0. The second-order valence-electron chi connectivity index (χ2n) is 9.69. The number of hydrogen-bond acceptors (Lipinski definition) is 6. The highest BCUT2D eigenvalue weighted by molar-refractivity contribution is 8.00. The van der Waals surface area contributed by atoms with E-state index < -0.39 is 11.7 Å². The summed E-state index contributed by atoms with van der Waals surface area (Å²) >= 11 is 2.89. The normalized spacial score (nSPS) is 32.5. The number of nitrogens with one attached hydrogen (secondary N) is 1. The highest BCUT2D eigenvalue weighted by Gasteiger charge is 2.69. The number of methoxy groups -OCH3 is 1. The number of para-hydroxylation sites is 1. The number of aromatic amines is 1. The van der Waals surface area contributed by atoms with E-state index in [1.165, 1.54) is 40.5 Å². The number of carbonyl (C=O) groups excluding carboxylic acids is 2. The number of rotatable bonds is 3. The van der Waals surface area contributed by atoms with Crippen molar-refractivity contribution in [3.63, 3.8) is 0 Å². The Bertz CT molecular complexity index is 1430. The first-order valence-corrected chi connectivity index (χ1v) is 13.3. The number of aromatic nitrogens is 1. The first-order chi connectivity index (χ1) is 17.0. The summed E-state index contributed by atoms with van der Waals surface area (Å²) in [5, 5.41) is 0.979. The number of ether oxygens (including phenoxy) is 1. The lowest BCUT2D eigenvalue weighted by Gasteiger charge is -2.43. The third-order valence-corrected chi connectivity index (χ3v) is 10.9. The molecule has 9 heteroatoms. The Morgan fingerprint density at radius 2 is 1.71 bits per heavy atom. The predicted molar refractivity (Wildman–Crippen MR) is 130 cm³/mol. The molecule has 6 nitrogen and oxygen atoms in total. The van der Waals surface area contributed by atoms with Crippen LogP contribution < -0.4 is 14.5 Å². The SMILES string of the molecule is COc1ccccc1C1c2sc(=O)[nH]c2SC2C1[C@H]1C[C@@H]2C2C(=O)N(c3ccc(F)cc3)C(=O)C21. The van der Waals surface area contributed by atoms with Crippen molar-refractivity contribution >= 4 is 40.6 Å². The van der Waals surface area contributed by atoms with Gasteiger partial charge in [0.05, 0.1) is 29.7 Å². The van der Waals surface area contributed by atoms with Crippen LogP contribution in [-0.2, 0) is 9.59 Å². The fraction of sp³-hybridized carbons (Fsp3) is 0.346. The number of nitrogens with zero attached hydrogens (tertiary/aromatic N) is 1. The van der Waals surface area contributed by atoms with Crippen LogP contribution in [0.2, 0.25) is 0 Å². The number of thioether (sulfide) groups is 1. The molecule has 2 aliphatic heterocycles. The van der Waals surface area contributed by atoms with Gasteiger partial charge in [0.1, 0.15) is 11.6 Å². The van der Waals surface area contributed by atoms with Gasteiger partial charge in [0.15, 0.2) is 0 Å². The summed E-state index contributed by atoms with van der Waals surface area (Å²) in [6.07, 6.45) is 0.817. The summed E-state index contributed by atoms with van der Waals surface area (Å²) < 4.78 is 19.2. The molecular formula is C26H21FN2O4S2. The Morgan fingerprint density at radius 3 is 2.46 bits per heavy atom. The van der Waals surface area contributed by atoms with Crippen LogP contribution in [0, 0.1) is 35.4 Å². The first kappa shape index (κ1) is 21.4. The third kappa shape index (κ3) is 2.85. The molecular weight excluding hydrogens is 487 g/mol. The highest BCUT2D eigenvalue weighted by Crippen LogP contribution is 2.69. The van der Waals surface area contributed by atoms with Gasteiger partial charge in [-0.2, -0.15) is 0 Å². The predicted octanol–water partition coefficient (Wildman–Crippen LogP) is 4.26. The van der Waals surface area contributed by atoms with Gasteiger partial charge >= 0.3 is 4.87 Å². The van der Waals surface area contributed by atoms with Crippen molar-refractivity contribution in [2.24, 2.45) is 29.6 Å². The number of imide groups is 1. The van der Waals surface area contributed by atoms with E-state index in [4.69, 9.17) is 4.74 Å². The fourth-order valence-electron chi connectivity index (χ4n) is 7.13. The molecule has 3 fully saturated rings. The zero-order valence-electron chi connectivity index (χ0n) is 18.6. The van der Waals surface area contributed by atoms with Gasteiger partial charge in [-0.15, -0.1) is 11.8 Å². The molecule has 2 saturated carbocycles. The summed E-state index contributed by atoms with van der Waals surface area (Å²) in [5.41, 5.74) is 1.44. The average Bonchev–Trinajstić information content (AvgIpc) is 3.59. The standard InChI is InChI=1S/C26H21FN2O4S2/c1-33-16-5-3-2-4-13(16)17-18-14-10-15(21(18)34-23-22(17)35-26(32)28-23)20-19(14)24(30)29(25(20)31)12-8-6-11(27)7-9-12/h2-9,14-15,17-21H,10H2,1H3,(H,28,32)/t14-,15-,17?,18?,19?,20?,21?/m1/s1.